The predicted octanol–water partition coefficient (Wildman–Crippen LogP) is 6.29. The fraction of sp³-hybridized carbons (Fsp3) is 0.267. The van der Waals surface area contributed by atoms with Crippen LogP contribution >= 0.6 is 11.6 Å². The van der Waals surface area contributed by atoms with E-state index in [1.807, 2.05) is 50.2 Å². The van der Waals surface area contributed by atoms with Gasteiger partial charge in [-0.3, -0.25) is 4.79 Å². The lowest BCUT2D eigenvalue weighted by atomic mass is 10.1. The summed E-state index contributed by atoms with van der Waals surface area (Å²) in [4.78, 5) is 12.6. The van der Waals surface area contributed by atoms with Crippen molar-refractivity contribution in [1.29, 1.82) is 5.26 Å². The summed E-state index contributed by atoms with van der Waals surface area (Å²) in [5.41, 5.74) is 4.51. The Bertz CT molecular complexity index is 1330. The highest BCUT2D eigenvalue weighted by Crippen LogP contribution is 2.37. The van der Waals surface area contributed by atoms with Gasteiger partial charge in [0.1, 0.15) is 30.6 Å². The normalized spacial score (nSPS) is 11.0. The maximum absolute atomic E-state index is 12.6. The van der Waals surface area contributed by atoms with Gasteiger partial charge < -0.3 is 24.3 Å². The van der Waals surface area contributed by atoms with Crippen LogP contribution in [0.3, 0.4) is 0 Å². The number of hydrogen-bond acceptors (Lipinski definition) is 6. The molecule has 8 heteroatoms. The van der Waals surface area contributed by atoms with Crippen LogP contribution in [-0.2, 0) is 9.53 Å². The Morgan fingerprint density at radius 1 is 0.947 bits per heavy atom. The van der Waals surface area contributed by atoms with Gasteiger partial charge in [-0.05, 0) is 79.9 Å². The molecule has 0 atom stereocenters. The lowest BCUT2D eigenvalue weighted by Gasteiger charge is -2.14. The topological polar surface area (TPSA) is 89.8 Å². The standard InChI is InChI=1S/C30H31ClN2O5/c1-20-5-8-25(9-6-20)33-30(34)24(19-32)16-23-17-27(31)29(28(18-23)35-4)38-14-12-36-11-13-37-26-10-7-21(2)22(3)15-26/h5-10,15-18H,11-14H2,1-4H3,(H,33,34)/b24-16+. The monoisotopic (exact) mass is 534 g/mol. The van der Waals surface area contributed by atoms with E-state index in [4.69, 9.17) is 30.5 Å². The first-order valence-electron chi connectivity index (χ1n) is 12.1. The van der Waals surface area contributed by atoms with Crippen molar-refractivity contribution in [2.75, 3.05) is 38.9 Å². The Kier molecular flexibility index (Phi) is 10.6. The second-order valence-electron chi connectivity index (χ2n) is 8.58. The van der Waals surface area contributed by atoms with Crippen LogP contribution in [0, 0.1) is 32.1 Å². The lowest BCUT2D eigenvalue weighted by Crippen LogP contribution is -2.13. The molecule has 3 aromatic rings. The van der Waals surface area contributed by atoms with Crippen molar-refractivity contribution in [3.05, 3.63) is 87.4 Å². The van der Waals surface area contributed by atoms with E-state index < -0.39 is 5.91 Å². The summed E-state index contributed by atoms with van der Waals surface area (Å²) in [6.07, 6.45) is 1.44. The Labute approximate surface area is 228 Å². The zero-order valence-electron chi connectivity index (χ0n) is 22.0. The number of nitrogens with one attached hydrogen (secondary N) is 1. The van der Waals surface area contributed by atoms with Crippen LogP contribution in [0.15, 0.2) is 60.2 Å². The van der Waals surface area contributed by atoms with E-state index in [9.17, 15) is 10.1 Å². The number of benzene rings is 3. The minimum Gasteiger partial charge on any atom is -0.493 e. The summed E-state index contributed by atoms with van der Waals surface area (Å²) in [5.74, 6) is 1.01. The molecule has 3 rings (SSSR count). The van der Waals surface area contributed by atoms with Gasteiger partial charge in [-0.2, -0.15) is 5.26 Å². The molecular formula is C30H31ClN2O5. The van der Waals surface area contributed by atoms with Crippen LogP contribution in [0.1, 0.15) is 22.3 Å². The maximum atomic E-state index is 12.6. The van der Waals surface area contributed by atoms with E-state index >= 15 is 0 Å². The van der Waals surface area contributed by atoms with Gasteiger partial charge in [-0.15, -0.1) is 0 Å². The van der Waals surface area contributed by atoms with Crippen molar-refractivity contribution < 1.29 is 23.7 Å². The van der Waals surface area contributed by atoms with E-state index in [-0.39, 0.29) is 17.2 Å². The third-order valence-electron chi connectivity index (χ3n) is 5.69. The van der Waals surface area contributed by atoms with Gasteiger partial charge in [0.15, 0.2) is 11.5 Å². The number of aryl methyl sites for hydroxylation is 3. The van der Waals surface area contributed by atoms with Crippen molar-refractivity contribution in [1.82, 2.24) is 0 Å². The van der Waals surface area contributed by atoms with Crippen molar-refractivity contribution in [2.24, 2.45) is 0 Å². The van der Waals surface area contributed by atoms with Gasteiger partial charge in [-0.25, -0.2) is 0 Å². The molecule has 0 aliphatic heterocycles. The van der Waals surface area contributed by atoms with Crippen molar-refractivity contribution in [3.8, 4) is 23.3 Å². The number of anilines is 1. The molecule has 1 amide bonds. The van der Waals surface area contributed by atoms with Crippen molar-refractivity contribution in [3.63, 3.8) is 0 Å². The predicted molar refractivity (Wildman–Crippen MR) is 149 cm³/mol. The Balaban J connectivity index is 1.53. The Morgan fingerprint density at radius 2 is 1.66 bits per heavy atom. The minimum absolute atomic E-state index is 0.0752. The van der Waals surface area contributed by atoms with Crippen LogP contribution in [0.4, 0.5) is 5.69 Å². The van der Waals surface area contributed by atoms with Crippen LogP contribution in [-0.4, -0.2) is 39.4 Å². The van der Waals surface area contributed by atoms with Crippen LogP contribution in [0.2, 0.25) is 5.02 Å². The second kappa shape index (κ2) is 14.1. The first-order chi connectivity index (χ1) is 18.3. The molecule has 38 heavy (non-hydrogen) atoms. The van der Waals surface area contributed by atoms with Crippen LogP contribution in [0.25, 0.3) is 6.08 Å². The number of hydrogen-bond donors (Lipinski definition) is 1. The van der Waals surface area contributed by atoms with Gasteiger partial charge in [0.05, 0.1) is 25.3 Å². The quantitative estimate of drug-likeness (QED) is 0.167. The number of methoxy groups -OCH3 is 1. The summed E-state index contributed by atoms with van der Waals surface area (Å²) >= 11 is 6.44. The fourth-order valence-electron chi connectivity index (χ4n) is 3.44. The molecule has 0 aromatic heterocycles. The van der Waals surface area contributed by atoms with E-state index in [1.165, 1.54) is 24.3 Å². The molecule has 0 aliphatic carbocycles. The van der Waals surface area contributed by atoms with Gasteiger partial charge in [0, 0.05) is 5.69 Å². The number of carbonyl (C=O) groups is 1. The first kappa shape index (κ1) is 28.6. The summed E-state index contributed by atoms with van der Waals surface area (Å²) in [5, 5.41) is 12.5. The molecule has 0 spiro atoms. The number of carbonyl (C=O) groups excluding carboxylic acids is 1. The van der Waals surface area contributed by atoms with Gasteiger partial charge in [0.25, 0.3) is 5.91 Å². The highest BCUT2D eigenvalue weighted by Gasteiger charge is 2.14. The molecule has 0 aliphatic rings. The molecule has 0 radical (unpaired) electrons. The number of ether oxygens (including phenoxy) is 4. The van der Waals surface area contributed by atoms with E-state index in [0.29, 0.717) is 42.6 Å². The van der Waals surface area contributed by atoms with E-state index in [1.54, 1.807) is 24.3 Å². The number of rotatable bonds is 12. The van der Waals surface area contributed by atoms with Crippen molar-refractivity contribution in [2.45, 2.75) is 20.8 Å². The lowest BCUT2D eigenvalue weighted by molar-refractivity contribution is -0.112. The summed E-state index contributed by atoms with van der Waals surface area (Å²) in [6, 6.07) is 18.5. The molecule has 7 nitrogen and oxygen atoms in total. The third kappa shape index (κ3) is 8.27. The number of nitrogens with zero attached hydrogens (tertiary/aromatic N) is 1. The first-order valence-corrected chi connectivity index (χ1v) is 12.5. The Hall–Kier alpha value is -3.99. The smallest absolute Gasteiger partial charge is 0.266 e. The van der Waals surface area contributed by atoms with Gasteiger partial charge in [0.2, 0.25) is 0 Å². The third-order valence-corrected chi connectivity index (χ3v) is 5.97. The maximum Gasteiger partial charge on any atom is 0.266 e. The zero-order chi connectivity index (χ0) is 27.5. The average molecular weight is 535 g/mol. The average Bonchev–Trinajstić information content (AvgIpc) is 2.90. The Morgan fingerprint density at radius 3 is 2.32 bits per heavy atom. The SMILES string of the molecule is COc1cc(/C=C(\C#N)C(=O)Nc2ccc(C)cc2)cc(Cl)c1OCCOCCOc1ccc(C)c(C)c1. The molecule has 0 saturated heterocycles. The van der Waals surface area contributed by atoms with Gasteiger partial charge >= 0.3 is 0 Å². The number of nitriles is 1. The summed E-state index contributed by atoms with van der Waals surface area (Å²) in [6.45, 7) is 7.46. The molecule has 1 N–H and O–H groups in total. The second-order valence-corrected chi connectivity index (χ2v) is 8.99. The van der Waals surface area contributed by atoms with Crippen LogP contribution < -0.4 is 19.5 Å². The number of amides is 1. The molecule has 198 valence electrons. The zero-order valence-corrected chi connectivity index (χ0v) is 22.7. The fourth-order valence-corrected chi connectivity index (χ4v) is 3.71. The van der Waals surface area contributed by atoms with E-state index in [2.05, 4.69) is 12.2 Å². The molecule has 0 fully saturated rings. The molecule has 0 saturated carbocycles. The van der Waals surface area contributed by atoms with Crippen molar-refractivity contribution >= 4 is 29.3 Å². The molecular weight excluding hydrogens is 504 g/mol. The minimum atomic E-state index is -0.523. The van der Waals surface area contributed by atoms with E-state index in [0.717, 1.165) is 11.3 Å². The molecule has 3 aromatic carbocycles. The summed E-state index contributed by atoms with van der Waals surface area (Å²) in [7, 11) is 1.49. The molecule has 0 bridgehead atoms. The highest BCUT2D eigenvalue weighted by atomic mass is 35.5. The molecule has 0 unspecified atom stereocenters. The number of halogens is 1. The highest BCUT2D eigenvalue weighted by molar-refractivity contribution is 6.32. The van der Waals surface area contributed by atoms with Gasteiger partial charge in [-0.1, -0.05) is 35.4 Å². The summed E-state index contributed by atoms with van der Waals surface area (Å²) < 4.78 is 22.5. The molecule has 0 heterocycles. The largest absolute Gasteiger partial charge is 0.493 e. The van der Waals surface area contributed by atoms with Crippen LogP contribution in [0.5, 0.6) is 17.2 Å².